The molecule has 0 atom stereocenters. The minimum atomic E-state index is 0.555. The van der Waals surface area contributed by atoms with E-state index in [9.17, 15) is 0 Å². The van der Waals surface area contributed by atoms with Crippen LogP contribution in [0.3, 0.4) is 0 Å². The van der Waals surface area contributed by atoms with Gasteiger partial charge in [-0.1, -0.05) is 6.07 Å². The Morgan fingerprint density at radius 1 is 0.933 bits per heavy atom. The number of nitrogens with zero attached hydrogens (tertiary/aromatic N) is 3. The fourth-order valence-corrected chi connectivity index (χ4v) is 3.56. The molecule has 0 saturated carbocycles. The van der Waals surface area contributed by atoms with Crippen molar-refractivity contribution in [2.45, 2.75) is 6.54 Å². The summed E-state index contributed by atoms with van der Waals surface area (Å²) in [6, 6.07) is 16.6. The molecule has 0 radical (unpaired) electrons. The summed E-state index contributed by atoms with van der Waals surface area (Å²) < 4.78 is 0. The monoisotopic (exact) mass is 397 g/mol. The highest BCUT2D eigenvalue weighted by molar-refractivity contribution is 5.96. The molecule has 0 saturated heterocycles. The van der Waals surface area contributed by atoms with E-state index in [1.165, 1.54) is 10.9 Å². The Bertz CT molecular complexity index is 1320. The molecule has 0 bridgehead atoms. The third-order valence-electron chi connectivity index (χ3n) is 5.16. The van der Waals surface area contributed by atoms with Crippen LogP contribution in [-0.4, -0.2) is 34.0 Å². The van der Waals surface area contributed by atoms with Crippen molar-refractivity contribution in [3.63, 3.8) is 0 Å². The normalized spacial score (nSPS) is 11.1. The molecule has 150 valence electrons. The molecule has 2 aromatic carbocycles. The van der Waals surface area contributed by atoms with Crippen LogP contribution < -0.4 is 15.5 Å². The van der Waals surface area contributed by atoms with Crippen molar-refractivity contribution < 1.29 is 0 Å². The van der Waals surface area contributed by atoms with Gasteiger partial charge in [0.15, 0.2) is 0 Å². The molecule has 3 aromatic heterocycles. The van der Waals surface area contributed by atoms with Crippen molar-refractivity contribution in [2.24, 2.45) is 0 Å². The van der Waals surface area contributed by atoms with Gasteiger partial charge in [0.05, 0.1) is 5.69 Å². The van der Waals surface area contributed by atoms with E-state index in [1.54, 1.807) is 6.20 Å². The second-order valence-electron chi connectivity index (χ2n) is 7.47. The summed E-state index contributed by atoms with van der Waals surface area (Å²) in [5.41, 5.74) is 5.47. The van der Waals surface area contributed by atoms with Crippen LogP contribution in [0.15, 0.2) is 67.1 Å². The van der Waals surface area contributed by atoms with Crippen LogP contribution in [-0.2, 0) is 6.54 Å². The molecular formula is C23H23N7. The summed E-state index contributed by atoms with van der Waals surface area (Å²) in [6.45, 7) is 0.690. The van der Waals surface area contributed by atoms with Gasteiger partial charge in [0.25, 0.3) is 0 Å². The first-order valence-corrected chi connectivity index (χ1v) is 9.84. The van der Waals surface area contributed by atoms with E-state index in [1.807, 2.05) is 32.6 Å². The molecular weight excluding hydrogens is 374 g/mol. The van der Waals surface area contributed by atoms with Gasteiger partial charge < -0.3 is 25.5 Å². The van der Waals surface area contributed by atoms with Crippen LogP contribution in [0.2, 0.25) is 0 Å². The van der Waals surface area contributed by atoms with Gasteiger partial charge in [-0.2, -0.15) is 4.98 Å². The number of rotatable bonds is 6. The molecule has 30 heavy (non-hydrogen) atoms. The smallest absolute Gasteiger partial charge is 0.229 e. The van der Waals surface area contributed by atoms with Crippen LogP contribution in [0.25, 0.3) is 21.8 Å². The van der Waals surface area contributed by atoms with Gasteiger partial charge in [0.2, 0.25) is 5.95 Å². The first-order valence-electron chi connectivity index (χ1n) is 9.84. The molecule has 4 N–H and O–H groups in total. The van der Waals surface area contributed by atoms with Crippen LogP contribution in [0.4, 0.5) is 23.1 Å². The van der Waals surface area contributed by atoms with Crippen molar-refractivity contribution in [2.75, 3.05) is 29.6 Å². The molecule has 0 aliphatic carbocycles. The largest absolute Gasteiger partial charge is 0.378 e. The molecule has 0 spiro atoms. The first kappa shape index (κ1) is 18.1. The Morgan fingerprint density at radius 2 is 1.80 bits per heavy atom. The van der Waals surface area contributed by atoms with Crippen LogP contribution in [0.1, 0.15) is 5.56 Å². The lowest BCUT2D eigenvalue weighted by molar-refractivity contribution is 1.09. The third-order valence-corrected chi connectivity index (χ3v) is 5.16. The maximum atomic E-state index is 4.64. The fraction of sp³-hybridized carbons (Fsp3) is 0.130. The zero-order valence-corrected chi connectivity index (χ0v) is 16.9. The summed E-state index contributed by atoms with van der Waals surface area (Å²) in [6.07, 6.45) is 5.66. The molecule has 5 aromatic rings. The predicted octanol–water partition coefficient (Wildman–Crippen LogP) is 4.86. The zero-order valence-electron chi connectivity index (χ0n) is 16.9. The summed E-state index contributed by atoms with van der Waals surface area (Å²) in [5, 5.41) is 9.07. The van der Waals surface area contributed by atoms with Crippen LogP contribution >= 0.6 is 0 Å². The highest BCUT2D eigenvalue weighted by Crippen LogP contribution is 2.30. The number of aromatic amines is 2. The minimum Gasteiger partial charge on any atom is -0.378 e. The van der Waals surface area contributed by atoms with Crippen molar-refractivity contribution >= 4 is 44.9 Å². The fourth-order valence-electron chi connectivity index (χ4n) is 3.56. The number of hydrogen-bond donors (Lipinski definition) is 4. The van der Waals surface area contributed by atoms with E-state index in [0.717, 1.165) is 33.6 Å². The first-order chi connectivity index (χ1) is 14.7. The average Bonchev–Trinajstić information content (AvgIpc) is 3.41. The number of nitrogens with one attached hydrogen (secondary N) is 4. The minimum absolute atomic E-state index is 0.555. The van der Waals surface area contributed by atoms with Gasteiger partial charge in [-0.15, -0.1) is 0 Å². The molecule has 7 nitrogen and oxygen atoms in total. The predicted molar refractivity (Wildman–Crippen MR) is 124 cm³/mol. The molecule has 5 rings (SSSR count). The number of aromatic nitrogens is 4. The van der Waals surface area contributed by atoms with Gasteiger partial charge in [-0.25, -0.2) is 4.98 Å². The Balaban J connectivity index is 1.36. The molecule has 0 amide bonds. The zero-order chi connectivity index (χ0) is 20.5. The van der Waals surface area contributed by atoms with Crippen molar-refractivity contribution in [3.05, 3.63) is 72.7 Å². The van der Waals surface area contributed by atoms with Crippen molar-refractivity contribution in [3.8, 4) is 0 Å². The van der Waals surface area contributed by atoms with E-state index in [2.05, 4.69) is 77.9 Å². The van der Waals surface area contributed by atoms with E-state index in [4.69, 9.17) is 0 Å². The highest BCUT2D eigenvalue weighted by Gasteiger charge is 2.09. The van der Waals surface area contributed by atoms with Crippen molar-refractivity contribution in [1.82, 2.24) is 19.9 Å². The Morgan fingerprint density at radius 3 is 2.70 bits per heavy atom. The Hall–Kier alpha value is -4.00. The summed E-state index contributed by atoms with van der Waals surface area (Å²) in [7, 11) is 4.06. The highest BCUT2D eigenvalue weighted by atomic mass is 15.1. The average molecular weight is 397 g/mol. The van der Waals surface area contributed by atoms with E-state index in [-0.39, 0.29) is 0 Å². The molecule has 3 heterocycles. The maximum Gasteiger partial charge on any atom is 0.229 e. The lowest BCUT2D eigenvalue weighted by atomic mass is 10.1. The number of H-pyrrole nitrogens is 2. The maximum absolute atomic E-state index is 4.64. The van der Waals surface area contributed by atoms with Crippen LogP contribution in [0.5, 0.6) is 0 Å². The SMILES string of the molecule is CN(C)c1cc(Nc2nccc(NCc3ccc4[nH]ccc4c3)n2)c2cc[nH]c2c1. The number of anilines is 4. The Kier molecular flexibility index (Phi) is 4.48. The van der Waals surface area contributed by atoms with Gasteiger partial charge in [-0.3, -0.25) is 0 Å². The van der Waals surface area contributed by atoms with Crippen LogP contribution in [0, 0.1) is 0 Å². The second kappa shape index (κ2) is 7.44. The number of fused-ring (bicyclic) bond motifs is 2. The molecule has 0 aliphatic rings. The Labute approximate surface area is 174 Å². The van der Waals surface area contributed by atoms with Gasteiger partial charge in [0, 0.05) is 61.3 Å². The van der Waals surface area contributed by atoms with Crippen molar-refractivity contribution in [1.29, 1.82) is 0 Å². The summed E-state index contributed by atoms with van der Waals surface area (Å²) in [4.78, 5) is 17.6. The van der Waals surface area contributed by atoms with E-state index in [0.29, 0.717) is 12.5 Å². The summed E-state index contributed by atoms with van der Waals surface area (Å²) in [5.74, 6) is 1.33. The molecule has 7 heteroatoms. The number of hydrogen-bond acceptors (Lipinski definition) is 5. The third kappa shape index (κ3) is 3.53. The molecule has 0 unspecified atom stereocenters. The van der Waals surface area contributed by atoms with E-state index >= 15 is 0 Å². The standard InChI is InChI=1S/C23H23N7/c1-30(2)17-12-20-18(6-9-25-20)21(13-17)28-23-26-10-7-22(29-23)27-14-15-3-4-19-16(11-15)5-8-24-19/h3-13,24-25H,14H2,1-2H3,(H2,26,27,28,29). The van der Waals surface area contributed by atoms with Gasteiger partial charge in [0.1, 0.15) is 5.82 Å². The quantitative estimate of drug-likeness (QED) is 0.329. The molecule has 0 fully saturated rings. The number of benzene rings is 2. The lowest BCUT2D eigenvalue weighted by Crippen LogP contribution is -2.09. The van der Waals surface area contributed by atoms with E-state index < -0.39 is 0 Å². The topological polar surface area (TPSA) is 84.7 Å². The summed E-state index contributed by atoms with van der Waals surface area (Å²) >= 11 is 0. The molecule has 0 aliphatic heterocycles. The van der Waals surface area contributed by atoms with Gasteiger partial charge in [-0.05, 0) is 53.4 Å². The lowest BCUT2D eigenvalue weighted by Gasteiger charge is -2.15. The van der Waals surface area contributed by atoms with Gasteiger partial charge >= 0.3 is 0 Å². The second-order valence-corrected chi connectivity index (χ2v) is 7.47.